The maximum atomic E-state index is 13.9. The van der Waals surface area contributed by atoms with Crippen LogP contribution in [0.15, 0.2) is 109 Å². The zero-order valence-electron chi connectivity index (χ0n) is 29.9. The summed E-state index contributed by atoms with van der Waals surface area (Å²) in [5, 5.41) is 10.8. The SMILES string of the molecule is COc1cccc2c(Nc3ccc(C(=O)NC4CCN(Cc5ccccc5)CC4)cc3)c(C(=O)NC3CCN(CCc4ccccc4)CC3)cnc12. The van der Waals surface area contributed by atoms with Crippen LogP contribution in [0.4, 0.5) is 11.4 Å². The number of likely N-dealkylation sites (tertiary alicyclic amines) is 2. The number of aromatic nitrogens is 1. The number of hydrogen-bond donors (Lipinski definition) is 3. The molecule has 9 nitrogen and oxygen atoms in total. The van der Waals surface area contributed by atoms with Gasteiger partial charge in [-0.2, -0.15) is 0 Å². The Morgan fingerprint density at radius 2 is 1.33 bits per heavy atom. The fourth-order valence-electron chi connectivity index (χ4n) is 7.36. The summed E-state index contributed by atoms with van der Waals surface area (Å²) in [5.41, 5.74) is 5.82. The van der Waals surface area contributed by atoms with Crippen LogP contribution >= 0.6 is 0 Å². The largest absolute Gasteiger partial charge is 0.494 e. The zero-order chi connectivity index (χ0) is 35.7. The highest BCUT2D eigenvalue weighted by atomic mass is 16.5. The van der Waals surface area contributed by atoms with Gasteiger partial charge in [0.25, 0.3) is 11.8 Å². The van der Waals surface area contributed by atoms with Gasteiger partial charge in [-0.05, 0) is 73.6 Å². The van der Waals surface area contributed by atoms with Gasteiger partial charge in [-0.25, -0.2) is 0 Å². The number of carbonyl (C=O) groups is 2. The standard InChI is InChI=1S/C43H48N6O3/c1-52-39-14-8-13-37-40(38(29-44-41(37)39)43(51)47-36-20-25-48(26-21-36)24-19-31-9-4-2-5-10-31)45-34-17-15-33(16-18-34)42(50)46-35-22-27-49(28-23-35)30-32-11-6-3-7-12-32/h2-18,29,35-36H,19-28,30H2,1H3,(H,44,45)(H,46,50)(H,47,51). The van der Waals surface area contributed by atoms with Crippen molar-refractivity contribution in [3.63, 3.8) is 0 Å². The summed E-state index contributed by atoms with van der Waals surface area (Å²) in [7, 11) is 1.62. The molecule has 3 N–H and O–H groups in total. The minimum absolute atomic E-state index is 0.0710. The average Bonchev–Trinajstić information content (AvgIpc) is 3.19. The predicted molar refractivity (Wildman–Crippen MR) is 207 cm³/mol. The molecule has 2 amide bonds. The summed E-state index contributed by atoms with van der Waals surface area (Å²) < 4.78 is 5.61. The summed E-state index contributed by atoms with van der Waals surface area (Å²) in [4.78, 5) is 36.7. The maximum absolute atomic E-state index is 13.9. The molecule has 52 heavy (non-hydrogen) atoms. The number of fused-ring (bicyclic) bond motifs is 1. The molecule has 0 saturated carbocycles. The van der Waals surface area contributed by atoms with Crippen LogP contribution in [0.1, 0.15) is 57.5 Å². The highest BCUT2D eigenvalue weighted by Crippen LogP contribution is 2.34. The van der Waals surface area contributed by atoms with Crippen molar-refractivity contribution in [2.45, 2.75) is 50.7 Å². The summed E-state index contributed by atoms with van der Waals surface area (Å²) in [6, 6.07) is 34.5. The Morgan fingerprint density at radius 3 is 1.98 bits per heavy atom. The van der Waals surface area contributed by atoms with Crippen LogP contribution in [-0.2, 0) is 13.0 Å². The fourth-order valence-corrected chi connectivity index (χ4v) is 7.36. The molecule has 2 saturated heterocycles. The van der Waals surface area contributed by atoms with Crippen LogP contribution in [0.3, 0.4) is 0 Å². The first-order valence-electron chi connectivity index (χ1n) is 18.5. The summed E-state index contributed by atoms with van der Waals surface area (Å²) in [6.07, 6.45) is 6.30. The molecule has 4 aromatic carbocycles. The summed E-state index contributed by atoms with van der Waals surface area (Å²) in [6.45, 7) is 5.76. The van der Waals surface area contributed by atoms with Crippen LogP contribution in [0.5, 0.6) is 5.75 Å². The van der Waals surface area contributed by atoms with Crippen LogP contribution in [0.2, 0.25) is 0 Å². The molecule has 0 radical (unpaired) electrons. The van der Waals surface area contributed by atoms with Crippen molar-refractivity contribution in [1.82, 2.24) is 25.4 Å². The predicted octanol–water partition coefficient (Wildman–Crippen LogP) is 6.82. The molecular weight excluding hydrogens is 649 g/mol. The second-order valence-electron chi connectivity index (χ2n) is 13.9. The van der Waals surface area contributed by atoms with Crippen molar-refractivity contribution in [2.75, 3.05) is 45.2 Å². The fraction of sp³-hybridized carbons (Fsp3) is 0.326. The van der Waals surface area contributed by atoms with Gasteiger partial charge in [0.1, 0.15) is 11.3 Å². The molecule has 9 heteroatoms. The van der Waals surface area contributed by atoms with Crippen LogP contribution in [-0.4, -0.2) is 78.5 Å². The summed E-state index contributed by atoms with van der Waals surface area (Å²) >= 11 is 0. The molecule has 5 aromatic rings. The van der Waals surface area contributed by atoms with E-state index in [0.29, 0.717) is 28.1 Å². The van der Waals surface area contributed by atoms with E-state index in [0.717, 1.165) is 82.4 Å². The maximum Gasteiger partial charge on any atom is 0.255 e. The van der Waals surface area contributed by atoms with E-state index in [2.05, 4.69) is 85.3 Å². The van der Waals surface area contributed by atoms with Gasteiger partial charge in [0.2, 0.25) is 0 Å². The molecule has 0 aliphatic carbocycles. The smallest absolute Gasteiger partial charge is 0.255 e. The highest BCUT2D eigenvalue weighted by molar-refractivity contribution is 6.09. The van der Waals surface area contributed by atoms with E-state index < -0.39 is 0 Å². The van der Waals surface area contributed by atoms with Gasteiger partial charge in [-0.3, -0.25) is 19.5 Å². The first-order valence-corrected chi connectivity index (χ1v) is 18.5. The van der Waals surface area contributed by atoms with E-state index in [9.17, 15) is 9.59 Å². The third-order valence-corrected chi connectivity index (χ3v) is 10.4. The van der Waals surface area contributed by atoms with E-state index in [1.54, 1.807) is 13.3 Å². The molecule has 2 aliphatic heterocycles. The number of carbonyl (C=O) groups excluding carboxylic acids is 2. The third-order valence-electron chi connectivity index (χ3n) is 10.4. The highest BCUT2D eigenvalue weighted by Gasteiger charge is 2.25. The molecule has 7 rings (SSSR count). The van der Waals surface area contributed by atoms with Crippen molar-refractivity contribution < 1.29 is 14.3 Å². The lowest BCUT2D eigenvalue weighted by atomic mass is 10.0. The van der Waals surface area contributed by atoms with Gasteiger partial charge in [-0.15, -0.1) is 0 Å². The lowest BCUT2D eigenvalue weighted by Crippen LogP contribution is -2.45. The molecule has 0 unspecified atom stereocenters. The minimum atomic E-state index is -0.159. The Hall–Kier alpha value is -5.25. The van der Waals surface area contributed by atoms with E-state index in [4.69, 9.17) is 4.74 Å². The number of rotatable bonds is 12. The summed E-state index contributed by atoms with van der Waals surface area (Å²) in [5.74, 6) is 0.403. The van der Waals surface area contributed by atoms with E-state index in [-0.39, 0.29) is 23.9 Å². The molecule has 0 spiro atoms. The van der Waals surface area contributed by atoms with E-state index >= 15 is 0 Å². The second-order valence-corrected chi connectivity index (χ2v) is 13.9. The molecule has 1 aromatic heterocycles. The number of pyridine rings is 1. The average molecular weight is 697 g/mol. The first-order chi connectivity index (χ1) is 25.5. The van der Waals surface area contributed by atoms with Gasteiger partial charge in [-0.1, -0.05) is 72.8 Å². The Kier molecular flexibility index (Phi) is 11.4. The quantitative estimate of drug-likeness (QED) is 0.132. The normalized spacial score (nSPS) is 16.0. The number of hydrogen-bond acceptors (Lipinski definition) is 7. The van der Waals surface area contributed by atoms with E-state index in [1.807, 2.05) is 48.5 Å². The van der Waals surface area contributed by atoms with Crippen molar-refractivity contribution in [3.8, 4) is 5.75 Å². The van der Waals surface area contributed by atoms with Gasteiger partial charge < -0.3 is 25.6 Å². The van der Waals surface area contributed by atoms with Crippen LogP contribution in [0, 0.1) is 0 Å². The number of methoxy groups -OCH3 is 1. The zero-order valence-corrected chi connectivity index (χ0v) is 29.9. The number of amides is 2. The number of ether oxygens (including phenoxy) is 1. The number of piperidine rings is 2. The number of para-hydroxylation sites is 1. The topological polar surface area (TPSA) is 98.8 Å². The van der Waals surface area contributed by atoms with E-state index in [1.165, 1.54) is 11.1 Å². The minimum Gasteiger partial charge on any atom is -0.494 e. The molecule has 0 atom stereocenters. The van der Waals surface area contributed by atoms with Crippen molar-refractivity contribution >= 4 is 34.1 Å². The monoisotopic (exact) mass is 696 g/mol. The molecule has 2 aliphatic rings. The Balaban J connectivity index is 0.981. The lowest BCUT2D eigenvalue weighted by molar-refractivity contribution is 0.0902. The van der Waals surface area contributed by atoms with Gasteiger partial charge >= 0.3 is 0 Å². The first kappa shape index (κ1) is 35.2. The molecule has 3 heterocycles. The van der Waals surface area contributed by atoms with Crippen molar-refractivity contribution in [3.05, 3.63) is 132 Å². The van der Waals surface area contributed by atoms with Crippen molar-refractivity contribution in [2.24, 2.45) is 0 Å². The molecular formula is C43H48N6O3. The van der Waals surface area contributed by atoms with Gasteiger partial charge in [0.15, 0.2) is 0 Å². The molecule has 0 bridgehead atoms. The lowest BCUT2D eigenvalue weighted by Gasteiger charge is -2.32. The van der Waals surface area contributed by atoms with Crippen LogP contribution < -0.4 is 20.7 Å². The molecule has 268 valence electrons. The third kappa shape index (κ3) is 8.78. The Bertz CT molecular complexity index is 1940. The Morgan fingerprint density at radius 1 is 0.712 bits per heavy atom. The number of benzene rings is 4. The number of nitrogens with zero attached hydrogens (tertiary/aromatic N) is 3. The van der Waals surface area contributed by atoms with Gasteiger partial charge in [0, 0.05) is 74.2 Å². The Labute approximate surface area is 306 Å². The number of anilines is 2. The number of nitrogens with one attached hydrogen (secondary N) is 3. The molecule has 2 fully saturated rings. The van der Waals surface area contributed by atoms with Crippen molar-refractivity contribution in [1.29, 1.82) is 0 Å². The van der Waals surface area contributed by atoms with Gasteiger partial charge in [0.05, 0.1) is 18.4 Å². The second kappa shape index (κ2) is 16.8. The van der Waals surface area contributed by atoms with Crippen LogP contribution in [0.25, 0.3) is 10.9 Å².